The van der Waals surface area contributed by atoms with Crippen molar-refractivity contribution in [2.75, 3.05) is 6.54 Å². The summed E-state index contributed by atoms with van der Waals surface area (Å²) in [6.07, 6.45) is 1.71. The number of carbonyl (C=O) groups is 1. The molecule has 0 aliphatic heterocycles. The Morgan fingerprint density at radius 2 is 2.21 bits per heavy atom. The Hall–Kier alpha value is -0.840. The second kappa shape index (κ2) is 6.55. The second-order valence-corrected chi connectivity index (χ2v) is 7.36. The van der Waals surface area contributed by atoms with Crippen LogP contribution in [0.4, 0.5) is 0 Å². The zero-order chi connectivity index (χ0) is 14.6. The number of hydrogen-bond acceptors (Lipinski definition) is 3. The van der Waals surface area contributed by atoms with Crippen LogP contribution in [-0.4, -0.2) is 23.4 Å². The van der Waals surface area contributed by atoms with Crippen LogP contribution < -0.4 is 5.73 Å². The minimum Gasteiger partial charge on any atom is -0.332 e. The van der Waals surface area contributed by atoms with Gasteiger partial charge < -0.3 is 10.6 Å². The lowest BCUT2D eigenvalue weighted by Crippen LogP contribution is -2.50. The molecule has 1 rings (SSSR count). The maximum Gasteiger partial charge on any atom is 0.240 e. The third-order valence-electron chi connectivity index (χ3n) is 2.84. The molecular formula is C14H21ClN2OS. The Balaban J connectivity index is 2.82. The highest BCUT2D eigenvalue weighted by Gasteiger charge is 2.30. The zero-order valence-corrected chi connectivity index (χ0v) is 13.2. The molecule has 0 aromatic carbocycles. The molecule has 0 spiro atoms. The second-order valence-electron chi connectivity index (χ2n) is 5.56. The van der Waals surface area contributed by atoms with Crippen molar-refractivity contribution in [1.82, 2.24) is 4.90 Å². The number of rotatable bonds is 5. The van der Waals surface area contributed by atoms with E-state index in [0.717, 1.165) is 9.21 Å². The van der Waals surface area contributed by atoms with E-state index in [2.05, 4.69) is 6.58 Å². The lowest BCUT2D eigenvalue weighted by molar-refractivity contribution is -0.135. The molecule has 0 aliphatic carbocycles. The Morgan fingerprint density at radius 3 is 2.63 bits per heavy atom. The molecule has 0 saturated heterocycles. The average Bonchev–Trinajstić information content (AvgIpc) is 2.71. The van der Waals surface area contributed by atoms with Crippen LogP contribution in [0.3, 0.4) is 0 Å². The number of nitrogens with zero attached hydrogens (tertiary/aromatic N) is 1. The van der Waals surface area contributed by atoms with E-state index in [1.54, 1.807) is 11.0 Å². The number of carbonyl (C=O) groups excluding carboxylic acids is 1. The maximum absolute atomic E-state index is 12.4. The summed E-state index contributed by atoms with van der Waals surface area (Å²) >= 11 is 7.38. The van der Waals surface area contributed by atoms with Gasteiger partial charge in [-0.25, -0.2) is 0 Å². The summed E-state index contributed by atoms with van der Waals surface area (Å²) < 4.78 is 0.723. The molecule has 1 atom stereocenters. The molecule has 19 heavy (non-hydrogen) atoms. The summed E-state index contributed by atoms with van der Waals surface area (Å²) in [7, 11) is 0. The SMILES string of the molecule is C=CCN(Cc1ccc(Cl)s1)C(=O)C(N)C(C)(C)C. The van der Waals surface area contributed by atoms with Crippen LogP contribution in [0.5, 0.6) is 0 Å². The molecule has 3 nitrogen and oxygen atoms in total. The minimum absolute atomic E-state index is 0.0584. The lowest BCUT2D eigenvalue weighted by atomic mass is 9.86. The summed E-state index contributed by atoms with van der Waals surface area (Å²) in [5.74, 6) is -0.0584. The first-order chi connectivity index (χ1) is 8.75. The van der Waals surface area contributed by atoms with Gasteiger partial charge in [-0.2, -0.15) is 0 Å². The lowest BCUT2D eigenvalue weighted by Gasteiger charge is -2.31. The molecule has 5 heteroatoms. The number of halogens is 1. The fourth-order valence-electron chi connectivity index (χ4n) is 1.58. The van der Waals surface area contributed by atoms with Crippen LogP contribution in [-0.2, 0) is 11.3 Å². The Labute approximate surface area is 124 Å². The van der Waals surface area contributed by atoms with Gasteiger partial charge in [0.1, 0.15) is 0 Å². The van der Waals surface area contributed by atoms with Crippen molar-refractivity contribution < 1.29 is 4.79 Å². The van der Waals surface area contributed by atoms with Crippen molar-refractivity contribution in [1.29, 1.82) is 0 Å². The monoisotopic (exact) mass is 300 g/mol. The quantitative estimate of drug-likeness (QED) is 0.848. The molecule has 2 N–H and O–H groups in total. The number of hydrogen-bond donors (Lipinski definition) is 1. The molecule has 1 heterocycles. The van der Waals surface area contributed by atoms with E-state index in [-0.39, 0.29) is 11.3 Å². The van der Waals surface area contributed by atoms with Gasteiger partial charge in [-0.05, 0) is 17.5 Å². The molecule has 0 fully saturated rings. The topological polar surface area (TPSA) is 46.3 Å². The normalized spacial score (nSPS) is 13.1. The van der Waals surface area contributed by atoms with E-state index in [1.807, 2.05) is 32.9 Å². The van der Waals surface area contributed by atoms with Crippen molar-refractivity contribution in [2.45, 2.75) is 33.4 Å². The predicted octanol–water partition coefficient (Wildman–Crippen LogP) is 3.29. The van der Waals surface area contributed by atoms with Crippen LogP contribution in [0.2, 0.25) is 4.34 Å². The molecule has 1 aromatic rings. The van der Waals surface area contributed by atoms with E-state index < -0.39 is 6.04 Å². The summed E-state index contributed by atoms with van der Waals surface area (Å²) in [5, 5.41) is 0. The van der Waals surface area contributed by atoms with Gasteiger partial charge in [0, 0.05) is 11.4 Å². The highest BCUT2D eigenvalue weighted by molar-refractivity contribution is 7.16. The largest absolute Gasteiger partial charge is 0.332 e. The highest BCUT2D eigenvalue weighted by Crippen LogP contribution is 2.24. The van der Waals surface area contributed by atoms with Gasteiger partial charge in [-0.3, -0.25) is 4.79 Å². The fourth-order valence-corrected chi connectivity index (χ4v) is 2.68. The Morgan fingerprint density at radius 1 is 1.58 bits per heavy atom. The van der Waals surface area contributed by atoms with Crippen LogP contribution in [0.15, 0.2) is 24.8 Å². The summed E-state index contributed by atoms with van der Waals surface area (Å²) in [4.78, 5) is 15.2. The van der Waals surface area contributed by atoms with Crippen LogP contribution in [0.1, 0.15) is 25.6 Å². The highest BCUT2D eigenvalue weighted by atomic mass is 35.5. The number of thiophene rings is 1. The molecule has 1 unspecified atom stereocenters. The van der Waals surface area contributed by atoms with E-state index in [9.17, 15) is 4.79 Å². The molecule has 0 radical (unpaired) electrons. The summed E-state index contributed by atoms with van der Waals surface area (Å²) in [6, 6.07) is 3.24. The standard InChI is InChI=1S/C14H21ClN2OS/c1-5-8-17(9-10-6-7-11(15)19-10)13(18)12(16)14(2,3)4/h5-7,12H,1,8-9,16H2,2-4H3. The maximum atomic E-state index is 12.4. The molecular weight excluding hydrogens is 280 g/mol. The van der Waals surface area contributed by atoms with Gasteiger partial charge in [-0.15, -0.1) is 17.9 Å². The van der Waals surface area contributed by atoms with Crippen molar-refractivity contribution in [3.8, 4) is 0 Å². The van der Waals surface area contributed by atoms with Crippen LogP contribution in [0, 0.1) is 5.41 Å². The Kier molecular flexibility index (Phi) is 5.59. The van der Waals surface area contributed by atoms with Crippen LogP contribution >= 0.6 is 22.9 Å². The van der Waals surface area contributed by atoms with Gasteiger partial charge in [0.2, 0.25) is 5.91 Å². The van der Waals surface area contributed by atoms with Gasteiger partial charge in [0.15, 0.2) is 0 Å². The molecule has 0 bridgehead atoms. The first-order valence-corrected chi connectivity index (χ1v) is 7.34. The predicted molar refractivity (Wildman–Crippen MR) is 82.4 cm³/mol. The number of amides is 1. The van der Waals surface area contributed by atoms with E-state index in [0.29, 0.717) is 13.1 Å². The van der Waals surface area contributed by atoms with E-state index in [4.69, 9.17) is 17.3 Å². The first kappa shape index (κ1) is 16.2. The van der Waals surface area contributed by atoms with Crippen molar-refractivity contribution in [3.63, 3.8) is 0 Å². The minimum atomic E-state index is -0.525. The molecule has 106 valence electrons. The zero-order valence-electron chi connectivity index (χ0n) is 11.6. The molecule has 1 amide bonds. The van der Waals surface area contributed by atoms with Crippen molar-refractivity contribution in [3.05, 3.63) is 34.0 Å². The first-order valence-electron chi connectivity index (χ1n) is 6.15. The smallest absolute Gasteiger partial charge is 0.240 e. The van der Waals surface area contributed by atoms with Crippen LogP contribution in [0.25, 0.3) is 0 Å². The summed E-state index contributed by atoms with van der Waals surface area (Å²) in [6.45, 7) is 10.6. The van der Waals surface area contributed by atoms with Gasteiger partial charge >= 0.3 is 0 Å². The van der Waals surface area contributed by atoms with Gasteiger partial charge in [0.05, 0.1) is 16.9 Å². The molecule has 0 aliphatic rings. The van der Waals surface area contributed by atoms with E-state index >= 15 is 0 Å². The van der Waals surface area contributed by atoms with Gasteiger partial charge in [-0.1, -0.05) is 38.4 Å². The third-order valence-corrected chi connectivity index (χ3v) is 4.05. The third kappa shape index (κ3) is 4.64. The molecule has 1 aromatic heterocycles. The summed E-state index contributed by atoms with van der Waals surface area (Å²) in [5.41, 5.74) is 5.78. The average molecular weight is 301 g/mol. The molecule has 0 saturated carbocycles. The van der Waals surface area contributed by atoms with Crippen molar-refractivity contribution >= 4 is 28.8 Å². The van der Waals surface area contributed by atoms with E-state index in [1.165, 1.54) is 11.3 Å². The van der Waals surface area contributed by atoms with Gasteiger partial charge in [0.25, 0.3) is 0 Å². The Bertz CT molecular complexity index is 451. The fraction of sp³-hybridized carbons (Fsp3) is 0.500. The van der Waals surface area contributed by atoms with Crippen molar-refractivity contribution in [2.24, 2.45) is 11.1 Å². The number of nitrogens with two attached hydrogens (primary N) is 1.